The molecule has 0 spiro atoms. The summed E-state index contributed by atoms with van der Waals surface area (Å²) in [5, 5.41) is 8.52. The fraction of sp³-hybridized carbons (Fsp3) is 0.500. The summed E-state index contributed by atoms with van der Waals surface area (Å²) in [7, 11) is 0. The number of epoxide rings is 1. The van der Waals surface area contributed by atoms with Crippen LogP contribution in [0.1, 0.15) is 58.3 Å². The molecule has 1 saturated heterocycles. The maximum Gasteiger partial charge on any atom is 0.303 e. The Morgan fingerprint density at radius 2 is 1.28 bits per heavy atom. The molecule has 0 saturated carbocycles. The topological polar surface area (TPSA) is 49.8 Å². The van der Waals surface area contributed by atoms with Gasteiger partial charge in [-0.15, -0.1) is 0 Å². The Balaban J connectivity index is 1.97. The molecule has 0 bridgehead atoms. The van der Waals surface area contributed by atoms with E-state index >= 15 is 0 Å². The zero-order valence-corrected chi connectivity index (χ0v) is 15.3. The van der Waals surface area contributed by atoms with Gasteiger partial charge >= 0.3 is 5.97 Å². The first-order chi connectivity index (χ1) is 12.2. The van der Waals surface area contributed by atoms with Crippen LogP contribution in [0, 0.1) is 0 Å². The molecule has 1 N–H and O–H groups in total. The molecule has 1 aliphatic rings. The quantitative estimate of drug-likeness (QED) is 0.322. The lowest BCUT2D eigenvalue weighted by atomic mass is 10.1. The van der Waals surface area contributed by atoms with Crippen molar-refractivity contribution in [1.29, 1.82) is 0 Å². The molecule has 3 nitrogen and oxygen atoms in total. The molecule has 138 valence electrons. The Bertz CT molecular complexity index is 497. The third-order valence-corrected chi connectivity index (χ3v) is 3.83. The summed E-state index contributed by atoms with van der Waals surface area (Å²) >= 11 is 0. The largest absolute Gasteiger partial charge is 0.481 e. The number of hydrogen-bond donors (Lipinski definition) is 1. The van der Waals surface area contributed by atoms with Crippen LogP contribution in [0.15, 0.2) is 60.8 Å². The van der Waals surface area contributed by atoms with Gasteiger partial charge in [-0.1, -0.05) is 67.7 Å². The molecule has 2 atom stereocenters. The summed E-state index contributed by atoms with van der Waals surface area (Å²) < 4.78 is 5.65. The van der Waals surface area contributed by atoms with Crippen molar-refractivity contribution in [1.82, 2.24) is 0 Å². The zero-order valence-electron chi connectivity index (χ0n) is 15.3. The summed E-state index contributed by atoms with van der Waals surface area (Å²) in [6.07, 6.45) is 28.9. The Labute approximate surface area is 152 Å². The van der Waals surface area contributed by atoms with Gasteiger partial charge in [0.15, 0.2) is 0 Å². The van der Waals surface area contributed by atoms with E-state index in [1.165, 1.54) is 0 Å². The predicted octanol–water partition coefficient (Wildman–Crippen LogP) is 5.76. The number of carboxylic acids is 1. The highest BCUT2D eigenvalue weighted by Crippen LogP contribution is 2.29. The van der Waals surface area contributed by atoms with Gasteiger partial charge in [0.25, 0.3) is 0 Å². The van der Waals surface area contributed by atoms with Gasteiger partial charge < -0.3 is 9.84 Å². The van der Waals surface area contributed by atoms with Gasteiger partial charge in [0.2, 0.25) is 0 Å². The van der Waals surface area contributed by atoms with E-state index in [-0.39, 0.29) is 6.42 Å². The molecular weight excluding hydrogens is 312 g/mol. The van der Waals surface area contributed by atoms with Crippen LogP contribution in [0.25, 0.3) is 0 Å². The molecule has 0 aliphatic carbocycles. The minimum Gasteiger partial charge on any atom is -0.481 e. The Kier molecular flexibility index (Phi) is 12.3. The van der Waals surface area contributed by atoms with Crippen LogP contribution in [-0.2, 0) is 9.53 Å². The van der Waals surface area contributed by atoms with Crippen LogP contribution in [0.2, 0.25) is 0 Å². The van der Waals surface area contributed by atoms with Crippen LogP contribution < -0.4 is 0 Å². The molecule has 0 aromatic heterocycles. The van der Waals surface area contributed by atoms with E-state index < -0.39 is 5.97 Å². The highest BCUT2D eigenvalue weighted by molar-refractivity contribution is 5.66. The molecule has 1 heterocycles. The lowest BCUT2D eigenvalue weighted by Crippen LogP contribution is -1.91. The van der Waals surface area contributed by atoms with Crippen LogP contribution in [0.5, 0.6) is 0 Å². The highest BCUT2D eigenvalue weighted by atomic mass is 16.6. The van der Waals surface area contributed by atoms with Crippen molar-refractivity contribution in [2.45, 2.75) is 70.5 Å². The minimum absolute atomic E-state index is 0.205. The van der Waals surface area contributed by atoms with Crippen molar-refractivity contribution in [2.75, 3.05) is 0 Å². The molecule has 25 heavy (non-hydrogen) atoms. The zero-order chi connectivity index (χ0) is 18.2. The van der Waals surface area contributed by atoms with Crippen molar-refractivity contribution in [3.8, 4) is 0 Å². The second-order valence-electron chi connectivity index (χ2n) is 6.09. The van der Waals surface area contributed by atoms with E-state index in [0.717, 1.165) is 38.5 Å². The molecule has 1 aliphatic heterocycles. The van der Waals surface area contributed by atoms with Crippen molar-refractivity contribution in [3.63, 3.8) is 0 Å². The van der Waals surface area contributed by atoms with E-state index in [0.29, 0.717) is 18.6 Å². The second-order valence-corrected chi connectivity index (χ2v) is 6.09. The average Bonchev–Trinajstić information content (AvgIpc) is 3.34. The normalized spacial score (nSPS) is 20.8. The summed E-state index contributed by atoms with van der Waals surface area (Å²) in [5.41, 5.74) is 0. The van der Waals surface area contributed by atoms with Crippen LogP contribution in [0.3, 0.4) is 0 Å². The van der Waals surface area contributed by atoms with Gasteiger partial charge in [-0.2, -0.15) is 0 Å². The smallest absolute Gasteiger partial charge is 0.303 e. The molecule has 0 radical (unpaired) electrons. The van der Waals surface area contributed by atoms with Gasteiger partial charge in [-0.05, 0) is 44.9 Å². The standard InChI is InChI=1S/C22H32O3/c1-2-3-4-5-6-7-8-11-14-17-20-21(25-20)18-15-12-9-10-13-16-19-22(23)24/h3-4,6-7,10-15,20-21H,2,5,8-9,16-19H2,1H3,(H,23,24)/b4-3-,7-6-,13-10-,14-11-,15-12-/t20-,21-/m0/s1. The molecular formula is C22H32O3. The van der Waals surface area contributed by atoms with Crippen molar-refractivity contribution >= 4 is 5.97 Å². The highest BCUT2D eigenvalue weighted by Gasteiger charge is 2.35. The minimum atomic E-state index is -0.744. The van der Waals surface area contributed by atoms with Gasteiger partial charge in [0.05, 0.1) is 12.2 Å². The van der Waals surface area contributed by atoms with E-state index in [9.17, 15) is 4.79 Å². The average molecular weight is 344 g/mol. The first-order valence-electron chi connectivity index (χ1n) is 9.36. The van der Waals surface area contributed by atoms with Crippen LogP contribution >= 0.6 is 0 Å². The number of allylic oxidation sites excluding steroid dienone is 8. The molecule has 1 rings (SSSR count). The van der Waals surface area contributed by atoms with Gasteiger partial charge in [-0.25, -0.2) is 0 Å². The van der Waals surface area contributed by atoms with E-state index in [2.05, 4.69) is 55.5 Å². The molecule has 0 aromatic rings. The van der Waals surface area contributed by atoms with Crippen molar-refractivity contribution in [3.05, 3.63) is 60.8 Å². The number of carbonyl (C=O) groups is 1. The summed E-state index contributed by atoms with van der Waals surface area (Å²) in [4.78, 5) is 10.4. The first kappa shape index (κ1) is 21.2. The Morgan fingerprint density at radius 1 is 0.800 bits per heavy atom. The van der Waals surface area contributed by atoms with Crippen molar-refractivity contribution < 1.29 is 14.6 Å². The molecule has 0 aromatic carbocycles. The predicted molar refractivity (Wildman–Crippen MR) is 105 cm³/mol. The lowest BCUT2D eigenvalue weighted by Gasteiger charge is -1.88. The van der Waals surface area contributed by atoms with E-state index in [1.54, 1.807) is 0 Å². The van der Waals surface area contributed by atoms with E-state index in [1.807, 2.05) is 12.2 Å². The molecule has 0 unspecified atom stereocenters. The van der Waals surface area contributed by atoms with Gasteiger partial charge in [0.1, 0.15) is 0 Å². The van der Waals surface area contributed by atoms with Crippen molar-refractivity contribution in [2.24, 2.45) is 0 Å². The summed E-state index contributed by atoms with van der Waals surface area (Å²) in [6.45, 7) is 2.15. The Morgan fingerprint density at radius 3 is 1.80 bits per heavy atom. The third-order valence-electron chi connectivity index (χ3n) is 3.83. The number of rotatable bonds is 14. The van der Waals surface area contributed by atoms with Crippen LogP contribution in [0.4, 0.5) is 0 Å². The second kappa shape index (κ2) is 14.5. The fourth-order valence-corrected chi connectivity index (χ4v) is 2.36. The number of aliphatic carboxylic acids is 1. The molecule has 1 fully saturated rings. The summed E-state index contributed by atoms with van der Waals surface area (Å²) in [6, 6.07) is 0. The Hall–Kier alpha value is -1.87. The number of hydrogen-bond acceptors (Lipinski definition) is 2. The maximum atomic E-state index is 10.4. The summed E-state index contributed by atoms with van der Waals surface area (Å²) in [5.74, 6) is -0.744. The molecule has 0 amide bonds. The first-order valence-corrected chi connectivity index (χ1v) is 9.36. The number of carboxylic acid groups (broad SMARTS) is 1. The van der Waals surface area contributed by atoms with Gasteiger partial charge in [-0.3, -0.25) is 4.79 Å². The van der Waals surface area contributed by atoms with E-state index in [4.69, 9.17) is 9.84 Å². The van der Waals surface area contributed by atoms with Gasteiger partial charge in [0, 0.05) is 6.42 Å². The maximum absolute atomic E-state index is 10.4. The van der Waals surface area contributed by atoms with Crippen LogP contribution in [-0.4, -0.2) is 23.3 Å². The number of ether oxygens (including phenoxy) is 1. The monoisotopic (exact) mass is 344 g/mol. The lowest BCUT2D eigenvalue weighted by molar-refractivity contribution is -0.136. The third kappa shape index (κ3) is 13.1. The SMILES string of the molecule is CC/C=C\C/C=C\C/C=C\C[C@@H]1O[C@H]1C/C=C\C/C=C\CCC(=O)O. The fourth-order valence-electron chi connectivity index (χ4n) is 2.36. The molecule has 3 heteroatoms.